The van der Waals surface area contributed by atoms with E-state index in [1.807, 2.05) is 41.3 Å². The molecule has 0 spiro atoms. The maximum Gasteiger partial charge on any atom is 0.256 e. The predicted molar refractivity (Wildman–Crippen MR) is 112 cm³/mol. The molecule has 1 amide bonds. The van der Waals surface area contributed by atoms with Crippen LogP contribution in [0.1, 0.15) is 23.2 Å². The summed E-state index contributed by atoms with van der Waals surface area (Å²) in [5, 5.41) is 8.40. The summed E-state index contributed by atoms with van der Waals surface area (Å²) in [6, 6.07) is 11.6. The van der Waals surface area contributed by atoms with Crippen molar-refractivity contribution in [1.29, 1.82) is 0 Å². The van der Waals surface area contributed by atoms with Gasteiger partial charge in [-0.05, 0) is 37.0 Å². The lowest BCUT2D eigenvalue weighted by molar-refractivity contribution is 0.0678. The van der Waals surface area contributed by atoms with Crippen LogP contribution >= 0.6 is 0 Å². The molecule has 154 valence electrons. The number of para-hydroxylation sites is 1. The number of amides is 1. The quantitative estimate of drug-likeness (QED) is 0.665. The maximum atomic E-state index is 13.5. The molecule has 0 saturated carbocycles. The van der Waals surface area contributed by atoms with Gasteiger partial charge in [0.25, 0.3) is 5.91 Å². The first-order valence-corrected chi connectivity index (χ1v) is 10.3. The minimum atomic E-state index is 0.0202. The number of methoxy groups -OCH3 is 1. The second kappa shape index (κ2) is 7.78. The highest BCUT2D eigenvalue weighted by molar-refractivity contribution is 5.97. The van der Waals surface area contributed by atoms with E-state index in [2.05, 4.69) is 20.1 Å². The lowest BCUT2D eigenvalue weighted by atomic mass is 9.91. The SMILES string of the molecule is COc1ccnc(N2CCC3CCN(C(=O)c4ccccc4-n4nccn4)CC32)c1. The predicted octanol–water partition coefficient (Wildman–Crippen LogP) is 2.41. The fourth-order valence-corrected chi connectivity index (χ4v) is 4.63. The van der Waals surface area contributed by atoms with Gasteiger partial charge in [0.15, 0.2) is 0 Å². The Balaban J connectivity index is 1.39. The van der Waals surface area contributed by atoms with Crippen LogP contribution in [0, 0.1) is 5.92 Å². The van der Waals surface area contributed by atoms with E-state index < -0.39 is 0 Å². The number of rotatable bonds is 4. The summed E-state index contributed by atoms with van der Waals surface area (Å²) in [5.41, 5.74) is 1.32. The van der Waals surface area contributed by atoms with Crippen LogP contribution in [0.5, 0.6) is 5.75 Å². The molecule has 0 aliphatic carbocycles. The number of nitrogens with zero attached hydrogens (tertiary/aromatic N) is 6. The van der Waals surface area contributed by atoms with E-state index in [0.29, 0.717) is 23.7 Å². The minimum Gasteiger partial charge on any atom is -0.497 e. The largest absolute Gasteiger partial charge is 0.497 e. The van der Waals surface area contributed by atoms with Gasteiger partial charge in [0, 0.05) is 31.9 Å². The Hall–Kier alpha value is -3.42. The molecular formula is C22H24N6O2. The summed E-state index contributed by atoms with van der Waals surface area (Å²) in [6.45, 7) is 2.40. The molecule has 2 atom stereocenters. The zero-order chi connectivity index (χ0) is 20.5. The molecule has 4 heterocycles. The molecule has 2 fully saturated rings. The van der Waals surface area contributed by atoms with E-state index in [0.717, 1.165) is 37.5 Å². The fraction of sp³-hybridized carbons (Fsp3) is 0.364. The molecule has 2 saturated heterocycles. The number of aromatic nitrogens is 4. The van der Waals surface area contributed by atoms with Gasteiger partial charge in [-0.1, -0.05) is 12.1 Å². The number of hydrogen-bond acceptors (Lipinski definition) is 6. The number of carbonyl (C=O) groups is 1. The Kier molecular flexibility index (Phi) is 4.82. The van der Waals surface area contributed by atoms with Crippen LogP contribution in [0.15, 0.2) is 55.0 Å². The third-order valence-electron chi connectivity index (χ3n) is 6.17. The topological polar surface area (TPSA) is 76.4 Å². The normalized spacial score (nSPS) is 20.8. The molecule has 0 bridgehead atoms. The second-order valence-corrected chi connectivity index (χ2v) is 7.74. The van der Waals surface area contributed by atoms with Crippen molar-refractivity contribution in [3.8, 4) is 11.4 Å². The van der Waals surface area contributed by atoms with Crippen molar-refractivity contribution < 1.29 is 9.53 Å². The van der Waals surface area contributed by atoms with Crippen molar-refractivity contribution in [3.05, 3.63) is 60.6 Å². The van der Waals surface area contributed by atoms with Crippen LogP contribution in [0.4, 0.5) is 5.82 Å². The highest BCUT2D eigenvalue weighted by atomic mass is 16.5. The third kappa shape index (κ3) is 3.28. The molecule has 5 rings (SSSR count). The number of hydrogen-bond donors (Lipinski definition) is 0. The molecule has 2 aliphatic heterocycles. The average molecular weight is 404 g/mol. The van der Waals surface area contributed by atoms with Crippen molar-refractivity contribution in [1.82, 2.24) is 24.9 Å². The lowest BCUT2D eigenvalue weighted by Gasteiger charge is -2.39. The number of benzene rings is 1. The van der Waals surface area contributed by atoms with Crippen LogP contribution in [-0.2, 0) is 0 Å². The first-order valence-electron chi connectivity index (χ1n) is 10.3. The molecular weight excluding hydrogens is 380 g/mol. The van der Waals surface area contributed by atoms with E-state index in [4.69, 9.17) is 4.74 Å². The molecule has 2 unspecified atom stereocenters. The molecule has 0 N–H and O–H groups in total. The van der Waals surface area contributed by atoms with Gasteiger partial charge in [-0.25, -0.2) is 4.98 Å². The van der Waals surface area contributed by atoms with Crippen LogP contribution in [-0.4, -0.2) is 63.6 Å². The number of likely N-dealkylation sites (tertiary alicyclic amines) is 1. The van der Waals surface area contributed by atoms with Crippen LogP contribution < -0.4 is 9.64 Å². The van der Waals surface area contributed by atoms with Crippen LogP contribution in [0.2, 0.25) is 0 Å². The Bertz CT molecular complexity index is 1040. The average Bonchev–Trinajstić information content (AvgIpc) is 3.48. The zero-order valence-corrected chi connectivity index (χ0v) is 16.9. The second-order valence-electron chi connectivity index (χ2n) is 7.74. The number of ether oxygens (including phenoxy) is 1. The van der Waals surface area contributed by atoms with E-state index >= 15 is 0 Å². The Labute approximate surface area is 175 Å². The van der Waals surface area contributed by atoms with Gasteiger partial charge in [-0.3, -0.25) is 4.79 Å². The monoisotopic (exact) mass is 404 g/mol. The van der Waals surface area contributed by atoms with Gasteiger partial charge in [0.2, 0.25) is 0 Å². The summed E-state index contributed by atoms with van der Waals surface area (Å²) >= 11 is 0. The Morgan fingerprint density at radius 1 is 1.07 bits per heavy atom. The molecule has 0 radical (unpaired) electrons. The van der Waals surface area contributed by atoms with Gasteiger partial charge in [0.05, 0.1) is 36.8 Å². The highest BCUT2D eigenvalue weighted by Crippen LogP contribution is 2.35. The molecule has 2 aromatic heterocycles. The summed E-state index contributed by atoms with van der Waals surface area (Å²) in [5.74, 6) is 2.31. The number of pyridine rings is 1. The molecule has 1 aromatic carbocycles. The summed E-state index contributed by atoms with van der Waals surface area (Å²) in [4.78, 5) is 23.8. The standard InChI is InChI=1S/C22H24N6O2/c1-30-17-6-9-23-21(14-17)27-13-8-16-7-12-26(15-20(16)27)22(29)18-4-2-3-5-19(18)28-24-10-11-25-28/h2-6,9-11,14,16,20H,7-8,12-13,15H2,1H3. The first-order chi connectivity index (χ1) is 14.7. The number of carbonyl (C=O) groups excluding carboxylic acids is 1. The van der Waals surface area contributed by atoms with Crippen molar-refractivity contribution in [2.45, 2.75) is 18.9 Å². The zero-order valence-electron chi connectivity index (χ0n) is 16.9. The Morgan fingerprint density at radius 2 is 1.87 bits per heavy atom. The number of piperidine rings is 1. The van der Waals surface area contributed by atoms with Gasteiger partial charge in [-0.15, -0.1) is 0 Å². The van der Waals surface area contributed by atoms with Gasteiger partial charge in [-0.2, -0.15) is 15.0 Å². The van der Waals surface area contributed by atoms with Gasteiger partial charge < -0.3 is 14.5 Å². The van der Waals surface area contributed by atoms with Gasteiger partial charge in [0.1, 0.15) is 11.6 Å². The van der Waals surface area contributed by atoms with E-state index in [-0.39, 0.29) is 11.9 Å². The lowest BCUT2D eigenvalue weighted by Crippen LogP contribution is -2.50. The third-order valence-corrected chi connectivity index (χ3v) is 6.17. The molecule has 3 aromatic rings. The number of anilines is 1. The van der Waals surface area contributed by atoms with E-state index in [9.17, 15) is 4.79 Å². The highest BCUT2D eigenvalue weighted by Gasteiger charge is 2.40. The Morgan fingerprint density at radius 3 is 2.70 bits per heavy atom. The number of fused-ring (bicyclic) bond motifs is 1. The van der Waals surface area contributed by atoms with Gasteiger partial charge >= 0.3 is 0 Å². The van der Waals surface area contributed by atoms with E-state index in [1.165, 1.54) is 4.80 Å². The molecule has 8 heteroatoms. The summed E-state index contributed by atoms with van der Waals surface area (Å²) in [6.07, 6.45) is 7.13. The van der Waals surface area contributed by atoms with Crippen molar-refractivity contribution in [3.63, 3.8) is 0 Å². The molecule has 30 heavy (non-hydrogen) atoms. The maximum absolute atomic E-state index is 13.5. The summed E-state index contributed by atoms with van der Waals surface area (Å²) < 4.78 is 5.37. The minimum absolute atomic E-state index is 0.0202. The molecule has 2 aliphatic rings. The van der Waals surface area contributed by atoms with Crippen LogP contribution in [0.3, 0.4) is 0 Å². The smallest absolute Gasteiger partial charge is 0.256 e. The van der Waals surface area contributed by atoms with Crippen LogP contribution in [0.25, 0.3) is 5.69 Å². The van der Waals surface area contributed by atoms with Crippen molar-refractivity contribution >= 4 is 11.7 Å². The van der Waals surface area contributed by atoms with E-state index in [1.54, 1.807) is 25.7 Å². The summed E-state index contributed by atoms with van der Waals surface area (Å²) in [7, 11) is 1.67. The van der Waals surface area contributed by atoms with Crippen molar-refractivity contribution in [2.24, 2.45) is 5.92 Å². The first kappa shape index (κ1) is 18.6. The molecule has 8 nitrogen and oxygen atoms in total. The fourth-order valence-electron chi connectivity index (χ4n) is 4.63. The van der Waals surface area contributed by atoms with Crippen molar-refractivity contribution in [2.75, 3.05) is 31.6 Å².